The zero-order chi connectivity index (χ0) is 16.6. The normalized spacial score (nSPS) is 14.1. The molecule has 0 atom stereocenters. The summed E-state index contributed by atoms with van der Waals surface area (Å²) < 4.78 is 0. The topological polar surface area (TPSA) is 0 Å². The average molecular weight is 304 g/mol. The molecule has 2 aromatic carbocycles. The Morgan fingerprint density at radius 3 is 2.26 bits per heavy atom. The molecule has 0 bridgehead atoms. The second kappa shape index (κ2) is 6.00. The van der Waals surface area contributed by atoms with Crippen LogP contribution in [-0.4, -0.2) is 0 Å². The van der Waals surface area contributed by atoms with Crippen molar-refractivity contribution in [2.45, 2.75) is 52.9 Å². The molecule has 120 valence electrons. The predicted octanol–water partition coefficient (Wildman–Crippen LogP) is 6.64. The smallest absolute Gasteiger partial charge is 0.00575 e. The van der Waals surface area contributed by atoms with Crippen LogP contribution in [0, 0.1) is 5.92 Å². The lowest BCUT2D eigenvalue weighted by Crippen LogP contribution is -2.10. The van der Waals surface area contributed by atoms with Gasteiger partial charge in [-0.3, -0.25) is 0 Å². The van der Waals surface area contributed by atoms with Gasteiger partial charge in [0, 0.05) is 0 Å². The Balaban J connectivity index is 1.97. The molecule has 0 amide bonds. The van der Waals surface area contributed by atoms with E-state index in [9.17, 15) is 0 Å². The highest BCUT2D eigenvalue weighted by molar-refractivity contribution is 5.80. The minimum atomic E-state index is 0.210. The van der Waals surface area contributed by atoms with Gasteiger partial charge in [-0.25, -0.2) is 0 Å². The van der Waals surface area contributed by atoms with Crippen molar-refractivity contribution in [2.75, 3.05) is 0 Å². The van der Waals surface area contributed by atoms with E-state index >= 15 is 0 Å². The van der Waals surface area contributed by atoms with Crippen molar-refractivity contribution < 1.29 is 0 Å². The van der Waals surface area contributed by atoms with Crippen molar-refractivity contribution >= 4 is 6.08 Å². The van der Waals surface area contributed by atoms with E-state index in [0.717, 1.165) is 12.3 Å². The van der Waals surface area contributed by atoms with E-state index in [1.165, 1.54) is 34.2 Å². The SMILES string of the molecule is CC(C)CC1=Cc2c(cccc2-c2ccc(C(C)(C)C)cc2)C1. The first kappa shape index (κ1) is 16.1. The van der Waals surface area contributed by atoms with Crippen molar-refractivity contribution in [1.82, 2.24) is 0 Å². The molecule has 0 nitrogen and oxygen atoms in total. The summed E-state index contributed by atoms with van der Waals surface area (Å²) in [6.07, 6.45) is 4.76. The molecule has 0 fully saturated rings. The van der Waals surface area contributed by atoms with Crippen LogP contribution in [-0.2, 0) is 11.8 Å². The zero-order valence-corrected chi connectivity index (χ0v) is 15.1. The van der Waals surface area contributed by atoms with E-state index in [1.807, 2.05) is 0 Å². The summed E-state index contributed by atoms with van der Waals surface area (Å²) in [6, 6.07) is 15.9. The summed E-state index contributed by atoms with van der Waals surface area (Å²) in [6.45, 7) is 11.4. The maximum absolute atomic E-state index is 2.43. The van der Waals surface area contributed by atoms with Crippen LogP contribution in [0.2, 0.25) is 0 Å². The Morgan fingerprint density at radius 1 is 0.957 bits per heavy atom. The first-order valence-electron chi connectivity index (χ1n) is 8.77. The van der Waals surface area contributed by atoms with E-state index in [-0.39, 0.29) is 5.41 Å². The van der Waals surface area contributed by atoms with Gasteiger partial charge >= 0.3 is 0 Å². The third-order valence-corrected chi connectivity index (χ3v) is 4.69. The van der Waals surface area contributed by atoms with Crippen LogP contribution in [0.15, 0.2) is 48.0 Å². The Bertz CT molecular complexity index is 722. The average Bonchev–Trinajstić information content (AvgIpc) is 2.87. The maximum atomic E-state index is 2.43. The Morgan fingerprint density at radius 2 is 1.65 bits per heavy atom. The van der Waals surface area contributed by atoms with Gasteiger partial charge in [0.25, 0.3) is 0 Å². The van der Waals surface area contributed by atoms with Crippen molar-refractivity contribution in [2.24, 2.45) is 5.92 Å². The molecule has 0 saturated heterocycles. The molecule has 0 unspecified atom stereocenters. The minimum Gasteiger partial charge on any atom is -0.0649 e. The van der Waals surface area contributed by atoms with Crippen molar-refractivity contribution in [3.05, 3.63) is 64.7 Å². The molecule has 0 spiro atoms. The molecule has 0 saturated carbocycles. The lowest BCUT2D eigenvalue weighted by molar-refractivity contribution is 0.590. The van der Waals surface area contributed by atoms with Crippen LogP contribution in [0.3, 0.4) is 0 Å². The summed E-state index contributed by atoms with van der Waals surface area (Å²) in [5.74, 6) is 0.727. The van der Waals surface area contributed by atoms with Crippen LogP contribution < -0.4 is 0 Å². The largest absolute Gasteiger partial charge is 0.0649 e. The second-order valence-corrected chi connectivity index (χ2v) is 8.28. The van der Waals surface area contributed by atoms with Gasteiger partial charge < -0.3 is 0 Å². The van der Waals surface area contributed by atoms with E-state index in [4.69, 9.17) is 0 Å². The lowest BCUT2D eigenvalue weighted by atomic mass is 9.86. The van der Waals surface area contributed by atoms with E-state index in [2.05, 4.69) is 83.2 Å². The number of hydrogen-bond acceptors (Lipinski definition) is 0. The molecule has 0 radical (unpaired) electrons. The quantitative estimate of drug-likeness (QED) is 0.596. The highest BCUT2D eigenvalue weighted by Crippen LogP contribution is 2.36. The number of hydrogen-bond donors (Lipinski definition) is 0. The first-order chi connectivity index (χ1) is 10.8. The second-order valence-electron chi connectivity index (χ2n) is 8.28. The summed E-state index contributed by atoms with van der Waals surface area (Å²) in [4.78, 5) is 0. The molecular formula is C23H28. The third-order valence-electron chi connectivity index (χ3n) is 4.69. The van der Waals surface area contributed by atoms with Gasteiger partial charge in [-0.2, -0.15) is 0 Å². The van der Waals surface area contributed by atoms with Gasteiger partial charge in [0.05, 0.1) is 0 Å². The standard InChI is InChI=1S/C23H28/c1-16(2)13-17-14-19-7-6-8-21(22(19)15-17)18-9-11-20(12-10-18)23(3,4)5/h6-12,15-16H,13-14H2,1-5H3. The third kappa shape index (κ3) is 3.42. The van der Waals surface area contributed by atoms with Gasteiger partial charge in [0.15, 0.2) is 0 Å². The molecular weight excluding hydrogens is 276 g/mol. The summed E-state index contributed by atoms with van der Waals surface area (Å²) >= 11 is 0. The van der Waals surface area contributed by atoms with E-state index < -0.39 is 0 Å². The molecule has 0 aromatic heterocycles. The highest BCUT2D eigenvalue weighted by Gasteiger charge is 2.18. The molecule has 0 N–H and O–H groups in total. The van der Waals surface area contributed by atoms with Crippen molar-refractivity contribution in [3.63, 3.8) is 0 Å². The van der Waals surface area contributed by atoms with Gasteiger partial charge in [0.1, 0.15) is 0 Å². The fraction of sp³-hybridized carbons (Fsp3) is 0.391. The van der Waals surface area contributed by atoms with E-state index in [0.29, 0.717) is 0 Å². The van der Waals surface area contributed by atoms with Gasteiger partial charge in [-0.1, -0.05) is 88.7 Å². The maximum Gasteiger partial charge on any atom is -0.00575 e. The summed E-state index contributed by atoms with van der Waals surface area (Å²) in [7, 11) is 0. The molecule has 0 heterocycles. The van der Waals surface area contributed by atoms with Crippen LogP contribution in [0.5, 0.6) is 0 Å². The number of benzene rings is 2. The molecule has 23 heavy (non-hydrogen) atoms. The molecule has 0 aliphatic heterocycles. The van der Waals surface area contributed by atoms with Gasteiger partial charge in [0.2, 0.25) is 0 Å². The highest BCUT2D eigenvalue weighted by atomic mass is 14.2. The van der Waals surface area contributed by atoms with E-state index in [1.54, 1.807) is 5.57 Å². The molecule has 0 heteroatoms. The Hall–Kier alpha value is -1.82. The molecule has 1 aliphatic carbocycles. The van der Waals surface area contributed by atoms with Crippen LogP contribution >= 0.6 is 0 Å². The predicted molar refractivity (Wildman–Crippen MR) is 102 cm³/mol. The summed E-state index contributed by atoms with van der Waals surface area (Å²) in [5, 5.41) is 0. The number of rotatable bonds is 3. The fourth-order valence-electron chi connectivity index (χ4n) is 3.49. The first-order valence-corrected chi connectivity index (χ1v) is 8.77. The monoisotopic (exact) mass is 304 g/mol. The minimum absolute atomic E-state index is 0.210. The van der Waals surface area contributed by atoms with Crippen molar-refractivity contribution in [3.8, 4) is 11.1 Å². The zero-order valence-electron chi connectivity index (χ0n) is 15.1. The van der Waals surface area contributed by atoms with Crippen LogP contribution in [0.4, 0.5) is 0 Å². The molecule has 3 rings (SSSR count). The van der Waals surface area contributed by atoms with Gasteiger partial charge in [-0.15, -0.1) is 0 Å². The summed E-state index contributed by atoms with van der Waals surface area (Å²) in [5.41, 5.74) is 8.81. The number of fused-ring (bicyclic) bond motifs is 1. The Kier molecular flexibility index (Phi) is 4.19. The van der Waals surface area contributed by atoms with Crippen LogP contribution in [0.1, 0.15) is 57.7 Å². The number of allylic oxidation sites excluding steroid dienone is 1. The van der Waals surface area contributed by atoms with Gasteiger partial charge in [-0.05, 0) is 52.0 Å². The van der Waals surface area contributed by atoms with Crippen LogP contribution in [0.25, 0.3) is 17.2 Å². The lowest BCUT2D eigenvalue weighted by Gasteiger charge is -2.19. The Labute approximate surface area is 141 Å². The molecule has 2 aromatic rings. The van der Waals surface area contributed by atoms with Crippen molar-refractivity contribution in [1.29, 1.82) is 0 Å². The fourth-order valence-corrected chi connectivity index (χ4v) is 3.49. The molecule has 1 aliphatic rings.